The van der Waals surface area contributed by atoms with Gasteiger partial charge in [-0.05, 0) is 25.5 Å². The number of rotatable bonds is 3. The molecule has 0 aliphatic carbocycles. The van der Waals surface area contributed by atoms with Gasteiger partial charge in [0, 0.05) is 24.8 Å². The molecule has 1 atom stereocenters. The molecule has 0 aromatic carbocycles. The molecule has 5 heteroatoms. The van der Waals surface area contributed by atoms with Gasteiger partial charge in [0.2, 0.25) is 5.91 Å². The standard InChI is InChI=1S/C12H17N3O2/c16-11(14-10-4-3-6-13-8-10)9-15-7-2-1-5-12(15)17/h1-2,5,7,10,13H,3-4,6,8-9H2,(H,14,16)/t10-/m0/s1. The average molecular weight is 235 g/mol. The molecule has 1 aromatic heterocycles. The van der Waals surface area contributed by atoms with Gasteiger partial charge < -0.3 is 15.2 Å². The summed E-state index contributed by atoms with van der Waals surface area (Å²) in [6.07, 6.45) is 3.71. The maximum atomic E-state index is 11.7. The molecule has 1 saturated heterocycles. The van der Waals surface area contributed by atoms with Gasteiger partial charge in [-0.1, -0.05) is 6.07 Å². The van der Waals surface area contributed by atoms with Crippen LogP contribution in [0.25, 0.3) is 0 Å². The van der Waals surface area contributed by atoms with E-state index in [4.69, 9.17) is 0 Å². The molecule has 5 nitrogen and oxygen atoms in total. The van der Waals surface area contributed by atoms with Crippen LogP contribution >= 0.6 is 0 Å². The fraction of sp³-hybridized carbons (Fsp3) is 0.500. The highest BCUT2D eigenvalue weighted by Gasteiger charge is 2.15. The molecule has 0 saturated carbocycles. The summed E-state index contributed by atoms with van der Waals surface area (Å²) in [7, 11) is 0. The lowest BCUT2D eigenvalue weighted by Crippen LogP contribution is -2.47. The lowest BCUT2D eigenvalue weighted by Gasteiger charge is -2.23. The van der Waals surface area contributed by atoms with Crippen molar-refractivity contribution >= 4 is 5.91 Å². The fourth-order valence-electron chi connectivity index (χ4n) is 1.99. The first kappa shape index (κ1) is 11.9. The average Bonchev–Trinajstić information content (AvgIpc) is 2.33. The second kappa shape index (κ2) is 5.63. The molecular formula is C12H17N3O2. The van der Waals surface area contributed by atoms with E-state index in [9.17, 15) is 9.59 Å². The molecule has 1 aromatic rings. The van der Waals surface area contributed by atoms with Crippen molar-refractivity contribution in [2.75, 3.05) is 13.1 Å². The van der Waals surface area contributed by atoms with Gasteiger partial charge in [0.15, 0.2) is 0 Å². The highest BCUT2D eigenvalue weighted by Crippen LogP contribution is 2.00. The van der Waals surface area contributed by atoms with Crippen molar-refractivity contribution in [3.8, 4) is 0 Å². The van der Waals surface area contributed by atoms with Crippen molar-refractivity contribution in [2.45, 2.75) is 25.4 Å². The number of aromatic nitrogens is 1. The fourth-order valence-corrected chi connectivity index (χ4v) is 1.99. The van der Waals surface area contributed by atoms with Gasteiger partial charge in [-0.25, -0.2) is 0 Å². The zero-order valence-corrected chi connectivity index (χ0v) is 9.69. The Kier molecular flexibility index (Phi) is 3.93. The number of piperidine rings is 1. The third-order valence-corrected chi connectivity index (χ3v) is 2.87. The second-order valence-corrected chi connectivity index (χ2v) is 4.28. The molecule has 1 amide bonds. The molecule has 1 aliphatic rings. The van der Waals surface area contributed by atoms with Crippen molar-refractivity contribution in [2.24, 2.45) is 0 Å². The smallest absolute Gasteiger partial charge is 0.250 e. The van der Waals surface area contributed by atoms with E-state index in [0.717, 1.165) is 25.9 Å². The molecule has 2 N–H and O–H groups in total. The summed E-state index contributed by atoms with van der Waals surface area (Å²) < 4.78 is 1.41. The minimum absolute atomic E-state index is 0.0934. The van der Waals surface area contributed by atoms with Crippen LogP contribution in [0.3, 0.4) is 0 Å². The summed E-state index contributed by atoms with van der Waals surface area (Å²) in [6.45, 7) is 1.93. The van der Waals surface area contributed by atoms with E-state index in [1.165, 1.54) is 10.6 Å². The molecule has 1 aliphatic heterocycles. The van der Waals surface area contributed by atoms with E-state index in [1.807, 2.05) is 0 Å². The summed E-state index contributed by atoms with van der Waals surface area (Å²) in [5, 5.41) is 6.17. The van der Waals surface area contributed by atoms with Crippen LogP contribution in [-0.4, -0.2) is 29.6 Å². The zero-order chi connectivity index (χ0) is 12.1. The predicted molar refractivity (Wildman–Crippen MR) is 64.7 cm³/mol. The van der Waals surface area contributed by atoms with Gasteiger partial charge in [-0.2, -0.15) is 0 Å². The van der Waals surface area contributed by atoms with Crippen molar-refractivity contribution in [1.29, 1.82) is 0 Å². The number of nitrogens with one attached hydrogen (secondary N) is 2. The van der Waals surface area contributed by atoms with E-state index in [-0.39, 0.29) is 24.1 Å². The summed E-state index contributed by atoms with van der Waals surface area (Å²) >= 11 is 0. The highest BCUT2D eigenvalue weighted by molar-refractivity contribution is 5.76. The van der Waals surface area contributed by atoms with Crippen LogP contribution < -0.4 is 16.2 Å². The van der Waals surface area contributed by atoms with Crippen LogP contribution in [-0.2, 0) is 11.3 Å². The lowest BCUT2D eigenvalue weighted by molar-refractivity contribution is -0.122. The number of hydrogen-bond acceptors (Lipinski definition) is 3. The maximum absolute atomic E-state index is 11.7. The number of carbonyl (C=O) groups excluding carboxylic acids is 1. The SMILES string of the molecule is O=C(Cn1ccccc1=O)N[C@H]1CCCNC1. The molecule has 1 fully saturated rings. The molecular weight excluding hydrogens is 218 g/mol. The summed E-state index contributed by atoms with van der Waals surface area (Å²) in [5.74, 6) is -0.105. The second-order valence-electron chi connectivity index (χ2n) is 4.28. The third-order valence-electron chi connectivity index (χ3n) is 2.87. The zero-order valence-electron chi connectivity index (χ0n) is 9.69. The molecule has 0 spiro atoms. The molecule has 0 bridgehead atoms. The molecule has 17 heavy (non-hydrogen) atoms. The van der Waals surface area contributed by atoms with Crippen LogP contribution in [0, 0.1) is 0 Å². The molecule has 0 radical (unpaired) electrons. The Bertz CT molecular complexity index is 435. The van der Waals surface area contributed by atoms with Crippen LogP contribution in [0.5, 0.6) is 0 Å². The quantitative estimate of drug-likeness (QED) is 0.757. The van der Waals surface area contributed by atoms with Gasteiger partial charge >= 0.3 is 0 Å². The van der Waals surface area contributed by atoms with E-state index >= 15 is 0 Å². The maximum Gasteiger partial charge on any atom is 0.250 e. The molecule has 92 valence electrons. The van der Waals surface area contributed by atoms with Gasteiger partial charge in [0.05, 0.1) is 0 Å². The minimum Gasteiger partial charge on any atom is -0.351 e. The Labute approximate surface area is 99.8 Å². The normalized spacial score (nSPS) is 19.9. The highest BCUT2D eigenvalue weighted by atomic mass is 16.2. The van der Waals surface area contributed by atoms with Gasteiger partial charge in [-0.15, -0.1) is 0 Å². The summed E-state index contributed by atoms with van der Waals surface area (Å²) in [4.78, 5) is 23.2. The first-order chi connectivity index (χ1) is 8.25. The van der Waals surface area contributed by atoms with Crippen molar-refractivity contribution in [1.82, 2.24) is 15.2 Å². The van der Waals surface area contributed by atoms with Crippen LogP contribution in [0.1, 0.15) is 12.8 Å². The Morgan fingerprint density at radius 3 is 3.12 bits per heavy atom. The summed E-state index contributed by atoms with van der Waals surface area (Å²) in [5.41, 5.74) is -0.149. The van der Waals surface area contributed by atoms with Crippen molar-refractivity contribution < 1.29 is 4.79 Å². The van der Waals surface area contributed by atoms with Crippen molar-refractivity contribution in [3.63, 3.8) is 0 Å². The lowest BCUT2D eigenvalue weighted by atomic mass is 10.1. The van der Waals surface area contributed by atoms with Gasteiger partial charge in [-0.3, -0.25) is 9.59 Å². The van der Waals surface area contributed by atoms with Crippen LogP contribution in [0.4, 0.5) is 0 Å². The van der Waals surface area contributed by atoms with E-state index in [0.29, 0.717) is 0 Å². The molecule has 0 unspecified atom stereocenters. The first-order valence-corrected chi connectivity index (χ1v) is 5.91. The van der Waals surface area contributed by atoms with Crippen molar-refractivity contribution in [3.05, 3.63) is 34.7 Å². The molecule has 2 rings (SSSR count). The Balaban J connectivity index is 1.89. The summed E-state index contributed by atoms with van der Waals surface area (Å²) in [6, 6.07) is 5.06. The first-order valence-electron chi connectivity index (χ1n) is 5.91. The Morgan fingerprint density at radius 2 is 2.41 bits per heavy atom. The van der Waals surface area contributed by atoms with E-state index < -0.39 is 0 Å². The van der Waals surface area contributed by atoms with Gasteiger partial charge in [0.25, 0.3) is 5.56 Å². The number of pyridine rings is 1. The number of hydrogen-bond donors (Lipinski definition) is 2. The Hall–Kier alpha value is -1.62. The number of carbonyl (C=O) groups is 1. The van der Waals surface area contributed by atoms with Gasteiger partial charge in [0.1, 0.15) is 6.54 Å². The Morgan fingerprint density at radius 1 is 1.53 bits per heavy atom. The largest absolute Gasteiger partial charge is 0.351 e. The van der Waals surface area contributed by atoms with Crippen LogP contribution in [0.2, 0.25) is 0 Å². The minimum atomic E-state index is -0.149. The van der Waals surface area contributed by atoms with E-state index in [1.54, 1.807) is 18.3 Å². The van der Waals surface area contributed by atoms with Crippen LogP contribution in [0.15, 0.2) is 29.2 Å². The monoisotopic (exact) mass is 235 g/mol. The predicted octanol–water partition coefficient (Wildman–Crippen LogP) is -0.283. The number of amides is 1. The number of nitrogens with zero attached hydrogens (tertiary/aromatic N) is 1. The third kappa shape index (κ3) is 3.42. The van der Waals surface area contributed by atoms with E-state index in [2.05, 4.69) is 10.6 Å². The molecule has 2 heterocycles. The topological polar surface area (TPSA) is 63.1 Å².